The quantitative estimate of drug-likeness (QED) is 0.791. The van der Waals surface area contributed by atoms with Crippen LogP contribution in [-0.4, -0.2) is 32.5 Å². The first-order valence-corrected chi connectivity index (χ1v) is 7.28. The van der Waals surface area contributed by atoms with Crippen LogP contribution in [0.25, 0.3) is 0 Å². The third kappa shape index (κ3) is 4.74. The highest BCUT2D eigenvalue weighted by atomic mass is 16.5. The van der Waals surface area contributed by atoms with Crippen molar-refractivity contribution >= 4 is 17.4 Å². The second kappa shape index (κ2) is 8.01. The van der Waals surface area contributed by atoms with Crippen molar-refractivity contribution in [3.05, 3.63) is 48.0 Å². The molecule has 0 heterocycles. The molecule has 0 bridgehead atoms. The predicted octanol–water partition coefficient (Wildman–Crippen LogP) is 2.92. The van der Waals surface area contributed by atoms with Crippen LogP contribution in [0.1, 0.15) is 17.3 Å². The molecule has 0 aliphatic heterocycles. The molecule has 0 aliphatic carbocycles. The minimum atomic E-state index is -0.313. The van der Waals surface area contributed by atoms with Gasteiger partial charge in [-0.1, -0.05) is 0 Å². The zero-order valence-electron chi connectivity index (χ0n) is 13.8. The first-order chi connectivity index (χ1) is 11.5. The lowest BCUT2D eigenvalue weighted by molar-refractivity contribution is -0.118. The average molecular weight is 329 g/mol. The number of Topliss-reactive ketones (excluding diaryl/α,β-unsaturated/α-hetero) is 1. The van der Waals surface area contributed by atoms with Crippen LogP contribution in [0, 0.1) is 0 Å². The number of hydrogen-bond acceptors (Lipinski definition) is 5. The number of nitrogens with one attached hydrogen (secondary N) is 1. The lowest BCUT2D eigenvalue weighted by Crippen LogP contribution is -2.20. The molecule has 0 aliphatic rings. The van der Waals surface area contributed by atoms with Crippen LogP contribution < -0.4 is 19.5 Å². The van der Waals surface area contributed by atoms with Crippen LogP contribution >= 0.6 is 0 Å². The van der Waals surface area contributed by atoms with E-state index >= 15 is 0 Å². The molecule has 0 aromatic heterocycles. The second-order valence-corrected chi connectivity index (χ2v) is 5.02. The van der Waals surface area contributed by atoms with Crippen molar-refractivity contribution in [1.82, 2.24) is 0 Å². The van der Waals surface area contributed by atoms with Gasteiger partial charge in [-0.3, -0.25) is 9.59 Å². The zero-order chi connectivity index (χ0) is 17.5. The Morgan fingerprint density at radius 2 is 1.46 bits per heavy atom. The number of carbonyl (C=O) groups excluding carboxylic acids is 2. The maximum atomic E-state index is 11.9. The van der Waals surface area contributed by atoms with Gasteiger partial charge in [-0.25, -0.2) is 0 Å². The molecule has 2 aromatic carbocycles. The molecule has 2 aromatic rings. The normalized spacial score (nSPS) is 9.96. The van der Waals surface area contributed by atoms with E-state index in [4.69, 9.17) is 14.2 Å². The Bertz CT molecular complexity index is 702. The Kier molecular flexibility index (Phi) is 5.78. The third-order valence-electron chi connectivity index (χ3n) is 3.27. The molecule has 0 atom stereocenters. The lowest BCUT2D eigenvalue weighted by atomic mass is 10.1. The molecular weight excluding hydrogens is 310 g/mol. The Morgan fingerprint density at radius 3 is 1.96 bits per heavy atom. The number of rotatable bonds is 7. The fraction of sp³-hybridized carbons (Fsp3) is 0.222. The topological polar surface area (TPSA) is 73.9 Å². The molecule has 0 saturated heterocycles. The number of amides is 1. The molecule has 1 N–H and O–H groups in total. The summed E-state index contributed by atoms with van der Waals surface area (Å²) in [7, 11) is 3.08. The van der Waals surface area contributed by atoms with E-state index in [1.165, 1.54) is 21.1 Å². The van der Waals surface area contributed by atoms with E-state index < -0.39 is 0 Å². The molecule has 0 saturated carbocycles. The number of carbonyl (C=O) groups is 2. The van der Waals surface area contributed by atoms with E-state index in [-0.39, 0.29) is 18.3 Å². The summed E-state index contributed by atoms with van der Waals surface area (Å²) in [6, 6.07) is 11.7. The second-order valence-electron chi connectivity index (χ2n) is 5.02. The summed E-state index contributed by atoms with van der Waals surface area (Å²) in [4.78, 5) is 23.2. The van der Waals surface area contributed by atoms with E-state index in [1.807, 2.05) is 0 Å². The van der Waals surface area contributed by atoms with Gasteiger partial charge in [0, 0.05) is 29.4 Å². The van der Waals surface area contributed by atoms with Crippen LogP contribution in [0.3, 0.4) is 0 Å². The van der Waals surface area contributed by atoms with Gasteiger partial charge in [-0.05, 0) is 31.2 Å². The van der Waals surface area contributed by atoms with Crippen molar-refractivity contribution in [3.63, 3.8) is 0 Å². The number of anilines is 1. The first kappa shape index (κ1) is 17.3. The van der Waals surface area contributed by atoms with Crippen molar-refractivity contribution in [2.75, 3.05) is 26.1 Å². The first-order valence-electron chi connectivity index (χ1n) is 7.28. The monoisotopic (exact) mass is 329 g/mol. The molecular formula is C18H19NO5. The largest absolute Gasteiger partial charge is 0.496 e. The van der Waals surface area contributed by atoms with Crippen molar-refractivity contribution in [2.45, 2.75) is 6.92 Å². The number of methoxy groups -OCH3 is 2. The Morgan fingerprint density at radius 1 is 0.917 bits per heavy atom. The molecule has 0 radical (unpaired) electrons. The summed E-state index contributed by atoms with van der Waals surface area (Å²) in [5.74, 6) is 1.28. The number of benzene rings is 2. The zero-order valence-corrected chi connectivity index (χ0v) is 13.8. The van der Waals surface area contributed by atoms with Crippen LogP contribution in [0.2, 0.25) is 0 Å². The summed E-state index contributed by atoms with van der Waals surface area (Å²) in [5.41, 5.74) is 1.18. The Hall–Kier alpha value is -3.02. The van der Waals surface area contributed by atoms with Gasteiger partial charge in [0.1, 0.15) is 17.2 Å². The van der Waals surface area contributed by atoms with Crippen LogP contribution in [0.4, 0.5) is 5.69 Å². The average Bonchev–Trinajstić information content (AvgIpc) is 2.60. The van der Waals surface area contributed by atoms with E-state index in [1.54, 1.807) is 42.5 Å². The molecule has 2 rings (SSSR count). The summed E-state index contributed by atoms with van der Waals surface area (Å²) < 4.78 is 15.7. The van der Waals surface area contributed by atoms with Gasteiger partial charge in [0.05, 0.1) is 14.2 Å². The highest BCUT2D eigenvalue weighted by Gasteiger charge is 2.07. The molecule has 24 heavy (non-hydrogen) atoms. The van der Waals surface area contributed by atoms with Crippen LogP contribution in [0.5, 0.6) is 17.2 Å². The highest BCUT2D eigenvalue weighted by molar-refractivity contribution is 5.95. The summed E-state index contributed by atoms with van der Waals surface area (Å²) in [6.45, 7) is 1.33. The maximum absolute atomic E-state index is 11.9. The molecule has 0 fully saturated rings. The van der Waals surface area contributed by atoms with Gasteiger partial charge in [0.15, 0.2) is 12.4 Å². The van der Waals surface area contributed by atoms with Crippen LogP contribution in [-0.2, 0) is 4.79 Å². The van der Waals surface area contributed by atoms with Crippen molar-refractivity contribution in [2.24, 2.45) is 0 Å². The number of ketones is 1. The van der Waals surface area contributed by atoms with Gasteiger partial charge in [0.25, 0.3) is 5.91 Å². The minimum Gasteiger partial charge on any atom is -0.496 e. The van der Waals surface area contributed by atoms with Gasteiger partial charge in [0.2, 0.25) is 0 Å². The fourth-order valence-electron chi connectivity index (χ4n) is 2.00. The van der Waals surface area contributed by atoms with E-state index in [0.29, 0.717) is 28.5 Å². The molecule has 126 valence electrons. The molecule has 0 unspecified atom stereocenters. The predicted molar refractivity (Wildman–Crippen MR) is 90.1 cm³/mol. The fourth-order valence-corrected chi connectivity index (χ4v) is 2.00. The molecule has 6 nitrogen and oxygen atoms in total. The minimum absolute atomic E-state index is 0.0248. The SMILES string of the molecule is COc1cc(OC)cc(OCC(=O)Nc2ccc(C(C)=O)cc2)c1. The molecule has 0 spiro atoms. The van der Waals surface area contributed by atoms with E-state index in [9.17, 15) is 9.59 Å². The van der Waals surface area contributed by atoms with Crippen molar-refractivity contribution < 1.29 is 23.8 Å². The molecule has 6 heteroatoms. The summed E-state index contributed by atoms with van der Waals surface area (Å²) in [6.07, 6.45) is 0. The third-order valence-corrected chi connectivity index (χ3v) is 3.27. The van der Waals surface area contributed by atoms with Crippen LogP contribution in [0.15, 0.2) is 42.5 Å². The molecule has 1 amide bonds. The maximum Gasteiger partial charge on any atom is 0.262 e. The van der Waals surface area contributed by atoms with Gasteiger partial charge in [-0.2, -0.15) is 0 Å². The standard InChI is InChI=1S/C18H19NO5/c1-12(20)13-4-6-14(7-5-13)19-18(21)11-24-17-9-15(22-2)8-16(10-17)23-3/h4-10H,11H2,1-3H3,(H,19,21). The van der Waals surface area contributed by atoms with Gasteiger partial charge >= 0.3 is 0 Å². The van der Waals surface area contributed by atoms with Crippen molar-refractivity contribution in [3.8, 4) is 17.2 Å². The Labute approximate surface area is 140 Å². The van der Waals surface area contributed by atoms with E-state index in [0.717, 1.165) is 0 Å². The van der Waals surface area contributed by atoms with Crippen molar-refractivity contribution in [1.29, 1.82) is 0 Å². The highest BCUT2D eigenvalue weighted by Crippen LogP contribution is 2.27. The number of hydrogen-bond donors (Lipinski definition) is 1. The lowest BCUT2D eigenvalue weighted by Gasteiger charge is -2.10. The smallest absolute Gasteiger partial charge is 0.262 e. The Balaban J connectivity index is 1.94. The van der Waals surface area contributed by atoms with Gasteiger partial charge in [-0.15, -0.1) is 0 Å². The summed E-state index contributed by atoms with van der Waals surface area (Å²) in [5, 5.41) is 2.70. The number of ether oxygens (including phenoxy) is 3. The summed E-state index contributed by atoms with van der Waals surface area (Å²) >= 11 is 0. The van der Waals surface area contributed by atoms with E-state index in [2.05, 4.69) is 5.32 Å². The van der Waals surface area contributed by atoms with Gasteiger partial charge < -0.3 is 19.5 Å².